The SMILES string of the molecule is CC(=O)N1CCN(S(=O)(=O)c2ccc(C(=O)N3CCCc4ccccc43)cc2)CC1. The Labute approximate surface area is 176 Å². The Bertz CT molecular complexity index is 1060. The van der Waals surface area contributed by atoms with Crippen LogP contribution in [0.15, 0.2) is 53.4 Å². The molecule has 0 spiro atoms. The number of hydrogen-bond donors (Lipinski definition) is 0. The van der Waals surface area contributed by atoms with Crippen LogP contribution in [-0.4, -0.2) is 62.2 Å². The summed E-state index contributed by atoms with van der Waals surface area (Å²) in [7, 11) is -3.66. The van der Waals surface area contributed by atoms with Crippen molar-refractivity contribution in [2.45, 2.75) is 24.7 Å². The molecule has 2 aliphatic heterocycles. The summed E-state index contributed by atoms with van der Waals surface area (Å²) >= 11 is 0. The van der Waals surface area contributed by atoms with Crippen molar-refractivity contribution in [2.24, 2.45) is 0 Å². The van der Waals surface area contributed by atoms with Crippen LogP contribution in [0.25, 0.3) is 0 Å². The molecule has 2 heterocycles. The largest absolute Gasteiger partial charge is 0.340 e. The molecular formula is C22H25N3O4S. The number of amides is 2. The van der Waals surface area contributed by atoms with Crippen molar-refractivity contribution < 1.29 is 18.0 Å². The molecule has 0 atom stereocenters. The molecule has 1 saturated heterocycles. The summed E-state index contributed by atoms with van der Waals surface area (Å²) in [5, 5.41) is 0. The van der Waals surface area contributed by atoms with Crippen LogP contribution in [0.4, 0.5) is 5.69 Å². The lowest BCUT2D eigenvalue weighted by molar-refractivity contribution is -0.129. The molecule has 0 aromatic heterocycles. The van der Waals surface area contributed by atoms with Gasteiger partial charge in [-0.15, -0.1) is 0 Å². The zero-order valence-corrected chi connectivity index (χ0v) is 17.8. The van der Waals surface area contributed by atoms with Crippen LogP contribution in [0.3, 0.4) is 0 Å². The Kier molecular flexibility index (Phi) is 5.62. The van der Waals surface area contributed by atoms with E-state index in [4.69, 9.17) is 0 Å². The molecule has 2 amide bonds. The van der Waals surface area contributed by atoms with E-state index in [2.05, 4.69) is 0 Å². The molecule has 4 rings (SSSR count). The molecule has 158 valence electrons. The van der Waals surface area contributed by atoms with E-state index in [9.17, 15) is 18.0 Å². The van der Waals surface area contributed by atoms with Gasteiger partial charge >= 0.3 is 0 Å². The van der Waals surface area contributed by atoms with Crippen LogP contribution < -0.4 is 4.90 Å². The number of nitrogens with zero attached hydrogens (tertiary/aromatic N) is 3. The van der Waals surface area contributed by atoms with Gasteiger partial charge in [-0.25, -0.2) is 8.42 Å². The highest BCUT2D eigenvalue weighted by Gasteiger charge is 2.30. The Morgan fingerprint density at radius 1 is 0.867 bits per heavy atom. The van der Waals surface area contributed by atoms with Crippen molar-refractivity contribution in [3.8, 4) is 0 Å². The summed E-state index contributed by atoms with van der Waals surface area (Å²) in [6.45, 7) is 3.45. The summed E-state index contributed by atoms with van der Waals surface area (Å²) in [6, 6.07) is 14.0. The highest BCUT2D eigenvalue weighted by molar-refractivity contribution is 7.89. The van der Waals surface area contributed by atoms with Crippen LogP contribution in [-0.2, 0) is 21.2 Å². The minimum absolute atomic E-state index is 0.0470. The molecule has 2 aromatic rings. The number of rotatable bonds is 3. The third-order valence-corrected chi connectivity index (χ3v) is 7.69. The number of carbonyl (C=O) groups is 2. The minimum atomic E-state index is -3.66. The van der Waals surface area contributed by atoms with Crippen molar-refractivity contribution in [1.82, 2.24) is 9.21 Å². The van der Waals surface area contributed by atoms with Gasteiger partial charge < -0.3 is 9.80 Å². The number of piperazine rings is 1. The average Bonchev–Trinajstić information content (AvgIpc) is 2.78. The summed E-state index contributed by atoms with van der Waals surface area (Å²) in [5.41, 5.74) is 2.54. The molecule has 2 aliphatic rings. The normalized spacial score (nSPS) is 17.5. The van der Waals surface area contributed by atoms with Gasteiger partial charge in [-0.3, -0.25) is 9.59 Å². The van der Waals surface area contributed by atoms with Crippen LogP contribution in [0.2, 0.25) is 0 Å². The molecule has 0 bridgehead atoms. The van der Waals surface area contributed by atoms with E-state index >= 15 is 0 Å². The summed E-state index contributed by atoms with van der Waals surface area (Å²) in [4.78, 5) is 28.1. The second kappa shape index (κ2) is 8.20. The number of sulfonamides is 1. The van der Waals surface area contributed by atoms with E-state index in [0.717, 1.165) is 24.1 Å². The Morgan fingerprint density at radius 2 is 1.53 bits per heavy atom. The van der Waals surface area contributed by atoms with Crippen LogP contribution in [0.5, 0.6) is 0 Å². The minimum Gasteiger partial charge on any atom is -0.340 e. The maximum absolute atomic E-state index is 13.1. The fourth-order valence-electron chi connectivity index (χ4n) is 4.06. The zero-order valence-electron chi connectivity index (χ0n) is 17.0. The summed E-state index contributed by atoms with van der Waals surface area (Å²) in [5.74, 6) is -0.171. The standard InChI is InChI=1S/C22H25N3O4S/c1-17(26)23-13-15-24(16-14-23)30(28,29)20-10-8-19(9-11-20)22(27)25-12-4-6-18-5-2-3-7-21(18)25/h2-3,5,7-11H,4,6,12-16H2,1H3. The highest BCUT2D eigenvalue weighted by atomic mass is 32.2. The first-order valence-corrected chi connectivity index (χ1v) is 11.6. The zero-order chi connectivity index (χ0) is 21.3. The van der Waals surface area contributed by atoms with Crippen molar-refractivity contribution in [1.29, 1.82) is 0 Å². The fourth-order valence-corrected chi connectivity index (χ4v) is 5.48. The number of hydrogen-bond acceptors (Lipinski definition) is 4. The maximum atomic E-state index is 13.1. The number of benzene rings is 2. The number of anilines is 1. The topological polar surface area (TPSA) is 78.0 Å². The van der Waals surface area contributed by atoms with Crippen molar-refractivity contribution in [3.05, 3.63) is 59.7 Å². The van der Waals surface area contributed by atoms with Crippen LogP contribution in [0.1, 0.15) is 29.3 Å². The van der Waals surface area contributed by atoms with Crippen LogP contribution in [0, 0.1) is 0 Å². The first kappa shape index (κ1) is 20.6. The molecule has 0 radical (unpaired) electrons. The number of para-hydroxylation sites is 1. The number of carbonyl (C=O) groups excluding carboxylic acids is 2. The average molecular weight is 428 g/mol. The van der Waals surface area contributed by atoms with Crippen molar-refractivity contribution in [2.75, 3.05) is 37.6 Å². The van der Waals surface area contributed by atoms with Crippen molar-refractivity contribution >= 4 is 27.5 Å². The second-order valence-electron chi connectivity index (χ2n) is 7.62. The van der Waals surface area contributed by atoms with Gasteiger partial charge in [-0.2, -0.15) is 4.31 Å². The lowest BCUT2D eigenvalue weighted by Gasteiger charge is -2.33. The molecule has 0 unspecified atom stereocenters. The quantitative estimate of drug-likeness (QED) is 0.752. The fraction of sp³-hybridized carbons (Fsp3) is 0.364. The van der Waals surface area contributed by atoms with Gasteiger partial charge in [0.1, 0.15) is 0 Å². The van der Waals surface area contributed by atoms with Gasteiger partial charge in [0.2, 0.25) is 15.9 Å². The molecule has 0 saturated carbocycles. The predicted molar refractivity (Wildman–Crippen MR) is 114 cm³/mol. The van der Waals surface area contributed by atoms with Gasteiger partial charge in [-0.1, -0.05) is 18.2 Å². The molecule has 7 nitrogen and oxygen atoms in total. The van der Waals surface area contributed by atoms with E-state index in [0.29, 0.717) is 25.2 Å². The van der Waals surface area contributed by atoms with Gasteiger partial charge in [0.15, 0.2) is 0 Å². The molecule has 1 fully saturated rings. The monoisotopic (exact) mass is 427 g/mol. The van der Waals surface area contributed by atoms with E-state index in [1.165, 1.54) is 23.4 Å². The van der Waals surface area contributed by atoms with E-state index in [1.807, 2.05) is 24.3 Å². The first-order valence-electron chi connectivity index (χ1n) is 10.1. The molecular weight excluding hydrogens is 402 g/mol. The molecule has 2 aromatic carbocycles. The number of fused-ring (bicyclic) bond motifs is 1. The molecule has 0 N–H and O–H groups in total. The third kappa shape index (κ3) is 3.85. The van der Waals surface area contributed by atoms with Gasteiger partial charge in [0.25, 0.3) is 5.91 Å². The predicted octanol–water partition coefficient (Wildman–Crippen LogP) is 2.13. The van der Waals surface area contributed by atoms with Crippen molar-refractivity contribution in [3.63, 3.8) is 0 Å². The summed E-state index contributed by atoms with van der Waals surface area (Å²) in [6.07, 6.45) is 1.86. The lowest BCUT2D eigenvalue weighted by atomic mass is 10.0. The highest BCUT2D eigenvalue weighted by Crippen LogP contribution is 2.28. The van der Waals surface area contributed by atoms with Gasteiger partial charge in [-0.05, 0) is 48.7 Å². The lowest BCUT2D eigenvalue weighted by Crippen LogP contribution is -2.49. The summed E-state index contributed by atoms with van der Waals surface area (Å²) < 4.78 is 27.3. The Hall–Kier alpha value is -2.71. The Morgan fingerprint density at radius 3 is 2.20 bits per heavy atom. The van der Waals surface area contributed by atoms with Crippen LogP contribution >= 0.6 is 0 Å². The van der Waals surface area contributed by atoms with E-state index in [-0.39, 0.29) is 29.8 Å². The third-order valence-electron chi connectivity index (χ3n) is 5.78. The second-order valence-corrected chi connectivity index (χ2v) is 9.56. The molecule has 8 heteroatoms. The smallest absolute Gasteiger partial charge is 0.258 e. The maximum Gasteiger partial charge on any atom is 0.258 e. The molecule has 0 aliphatic carbocycles. The number of aryl methyl sites for hydroxylation is 1. The van der Waals surface area contributed by atoms with E-state index < -0.39 is 10.0 Å². The van der Waals surface area contributed by atoms with E-state index in [1.54, 1.807) is 21.9 Å². The molecule has 30 heavy (non-hydrogen) atoms. The Balaban J connectivity index is 1.51. The van der Waals surface area contributed by atoms with Gasteiger partial charge in [0, 0.05) is 50.9 Å². The van der Waals surface area contributed by atoms with Gasteiger partial charge in [0.05, 0.1) is 4.90 Å². The first-order chi connectivity index (χ1) is 14.4.